The highest BCUT2D eigenvalue weighted by molar-refractivity contribution is 6.34. The van der Waals surface area contributed by atoms with Crippen molar-refractivity contribution < 1.29 is 4.74 Å². The van der Waals surface area contributed by atoms with E-state index >= 15 is 0 Å². The molecule has 1 saturated heterocycles. The molecule has 0 amide bonds. The first kappa shape index (κ1) is 11.1. The van der Waals surface area contributed by atoms with Crippen molar-refractivity contribution in [2.24, 2.45) is 0 Å². The fraction of sp³-hybridized carbons (Fsp3) is 0.500. The maximum Gasteiger partial charge on any atom is 0.130 e. The molecular formula is C10H12Cl2N2O. The smallest absolute Gasteiger partial charge is 0.130 e. The number of pyridine rings is 1. The van der Waals surface area contributed by atoms with Crippen molar-refractivity contribution >= 4 is 23.2 Å². The predicted octanol–water partition coefficient (Wildman–Crippen LogP) is 2.44. The third kappa shape index (κ3) is 2.82. The van der Waals surface area contributed by atoms with Crippen molar-refractivity contribution in [2.75, 3.05) is 19.8 Å². The van der Waals surface area contributed by atoms with Crippen LogP contribution in [0.4, 0.5) is 0 Å². The van der Waals surface area contributed by atoms with Gasteiger partial charge < -0.3 is 10.1 Å². The van der Waals surface area contributed by atoms with Crippen LogP contribution in [-0.2, 0) is 4.74 Å². The molecule has 1 aromatic rings. The average molecular weight is 247 g/mol. The molecule has 2 heterocycles. The van der Waals surface area contributed by atoms with E-state index in [4.69, 9.17) is 27.9 Å². The van der Waals surface area contributed by atoms with Crippen LogP contribution in [-0.4, -0.2) is 24.7 Å². The van der Waals surface area contributed by atoms with E-state index in [1.165, 1.54) is 0 Å². The number of aromatic nitrogens is 1. The minimum absolute atomic E-state index is 0.116. The second-order valence-electron chi connectivity index (χ2n) is 3.46. The van der Waals surface area contributed by atoms with E-state index in [2.05, 4.69) is 10.3 Å². The molecule has 1 aliphatic heterocycles. The summed E-state index contributed by atoms with van der Waals surface area (Å²) in [6.45, 7) is 2.36. The van der Waals surface area contributed by atoms with Crippen LogP contribution in [0.1, 0.15) is 18.0 Å². The molecular weight excluding hydrogens is 235 g/mol. The number of rotatable bonds is 1. The lowest BCUT2D eigenvalue weighted by atomic mass is 10.1. The van der Waals surface area contributed by atoms with Gasteiger partial charge in [0.25, 0.3) is 0 Å². The zero-order valence-electron chi connectivity index (χ0n) is 8.17. The Morgan fingerprint density at radius 3 is 3.13 bits per heavy atom. The van der Waals surface area contributed by atoms with E-state index < -0.39 is 0 Å². The molecule has 0 saturated carbocycles. The van der Waals surface area contributed by atoms with Gasteiger partial charge in [0.05, 0.1) is 17.7 Å². The normalized spacial score (nSPS) is 22.4. The molecule has 0 radical (unpaired) electrons. The van der Waals surface area contributed by atoms with Gasteiger partial charge in [-0.15, -0.1) is 0 Å². The molecule has 82 valence electrons. The molecule has 0 spiro atoms. The van der Waals surface area contributed by atoms with Gasteiger partial charge in [0.2, 0.25) is 0 Å². The molecule has 1 atom stereocenters. The van der Waals surface area contributed by atoms with Crippen molar-refractivity contribution in [3.63, 3.8) is 0 Å². The maximum absolute atomic E-state index is 6.10. The van der Waals surface area contributed by atoms with Crippen molar-refractivity contribution in [2.45, 2.75) is 12.5 Å². The van der Waals surface area contributed by atoms with E-state index in [1.54, 1.807) is 12.3 Å². The van der Waals surface area contributed by atoms with Crippen LogP contribution < -0.4 is 5.32 Å². The lowest BCUT2D eigenvalue weighted by Crippen LogP contribution is -2.23. The molecule has 1 aromatic heterocycles. The van der Waals surface area contributed by atoms with Gasteiger partial charge in [-0.2, -0.15) is 0 Å². The Balaban J connectivity index is 2.19. The van der Waals surface area contributed by atoms with E-state index in [9.17, 15) is 0 Å². The molecule has 2 rings (SSSR count). The summed E-state index contributed by atoms with van der Waals surface area (Å²) in [5.74, 6) is 0. The first-order valence-corrected chi connectivity index (χ1v) is 5.65. The van der Waals surface area contributed by atoms with Crippen molar-refractivity contribution in [3.8, 4) is 0 Å². The van der Waals surface area contributed by atoms with Crippen LogP contribution in [0.25, 0.3) is 0 Å². The summed E-state index contributed by atoms with van der Waals surface area (Å²) in [7, 11) is 0. The predicted molar refractivity (Wildman–Crippen MR) is 60.4 cm³/mol. The second kappa shape index (κ2) is 5.12. The summed E-state index contributed by atoms with van der Waals surface area (Å²) in [4.78, 5) is 4.03. The zero-order valence-corrected chi connectivity index (χ0v) is 9.68. The molecule has 0 aromatic carbocycles. The average Bonchev–Trinajstić information content (AvgIpc) is 2.46. The fourth-order valence-corrected chi connectivity index (χ4v) is 2.08. The van der Waals surface area contributed by atoms with E-state index in [-0.39, 0.29) is 6.04 Å². The van der Waals surface area contributed by atoms with Gasteiger partial charge in [0.1, 0.15) is 5.15 Å². The summed E-state index contributed by atoms with van der Waals surface area (Å²) < 4.78 is 5.46. The molecule has 1 aliphatic rings. The maximum atomic E-state index is 6.10. The van der Waals surface area contributed by atoms with Gasteiger partial charge in [0.15, 0.2) is 0 Å². The Kier molecular flexibility index (Phi) is 3.81. The fourth-order valence-electron chi connectivity index (χ4n) is 1.58. The Labute approximate surface area is 98.7 Å². The van der Waals surface area contributed by atoms with Crippen LogP contribution in [0.5, 0.6) is 0 Å². The molecule has 0 aliphatic carbocycles. The van der Waals surface area contributed by atoms with Gasteiger partial charge in [-0.05, 0) is 19.0 Å². The van der Waals surface area contributed by atoms with Crippen LogP contribution in [0.15, 0.2) is 12.3 Å². The quantitative estimate of drug-likeness (QED) is 0.774. The third-order valence-corrected chi connectivity index (χ3v) is 2.90. The Morgan fingerprint density at radius 2 is 2.33 bits per heavy atom. The van der Waals surface area contributed by atoms with Crippen molar-refractivity contribution in [3.05, 3.63) is 28.0 Å². The molecule has 0 bridgehead atoms. The third-order valence-electron chi connectivity index (χ3n) is 2.36. The first-order chi connectivity index (χ1) is 7.27. The summed E-state index contributed by atoms with van der Waals surface area (Å²) in [6, 6.07) is 1.77. The van der Waals surface area contributed by atoms with E-state index in [0.29, 0.717) is 16.8 Å². The number of ether oxygens (including phenoxy) is 1. The second-order valence-corrected chi connectivity index (χ2v) is 4.26. The van der Waals surface area contributed by atoms with E-state index in [1.807, 2.05) is 0 Å². The summed E-state index contributed by atoms with van der Waals surface area (Å²) in [6.07, 6.45) is 2.73. The summed E-state index contributed by atoms with van der Waals surface area (Å²) in [5, 5.41) is 4.42. The number of hydrogen-bond donors (Lipinski definition) is 1. The zero-order chi connectivity index (χ0) is 10.7. The summed E-state index contributed by atoms with van der Waals surface area (Å²) in [5.41, 5.74) is 0.947. The number of nitrogens with zero attached hydrogens (tertiary/aromatic N) is 1. The van der Waals surface area contributed by atoms with Crippen LogP contribution >= 0.6 is 23.2 Å². The molecule has 15 heavy (non-hydrogen) atoms. The monoisotopic (exact) mass is 246 g/mol. The number of nitrogens with one attached hydrogen (secondary N) is 1. The lowest BCUT2D eigenvalue weighted by molar-refractivity contribution is 0.131. The molecule has 1 unspecified atom stereocenters. The standard InChI is InChI=1S/C10H12Cl2N2O/c11-8-4-10(12)14-5-7(8)9-6-15-3-1-2-13-9/h4-5,9,13H,1-3,6H2. The Morgan fingerprint density at radius 1 is 1.47 bits per heavy atom. The van der Waals surface area contributed by atoms with Crippen molar-refractivity contribution in [1.29, 1.82) is 0 Å². The number of hydrogen-bond acceptors (Lipinski definition) is 3. The van der Waals surface area contributed by atoms with Gasteiger partial charge >= 0.3 is 0 Å². The van der Waals surface area contributed by atoms with Crippen molar-refractivity contribution in [1.82, 2.24) is 10.3 Å². The number of halogens is 2. The van der Waals surface area contributed by atoms with E-state index in [0.717, 1.165) is 25.1 Å². The van der Waals surface area contributed by atoms with Crippen LogP contribution in [0.2, 0.25) is 10.2 Å². The highest BCUT2D eigenvalue weighted by Crippen LogP contribution is 2.25. The molecule has 3 nitrogen and oxygen atoms in total. The Bertz CT molecular complexity index is 338. The first-order valence-electron chi connectivity index (χ1n) is 4.89. The molecule has 1 N–H and O–H groups in total. The largest absolute Gasteiger partial charge is 0.379 e. The van der Waals surface area contributed by atoms with Gasteiger partial charge in [-0.3, -0.25) is 0 Å². The minimum Gasteiger partial charge on any atom is -0.379 e. The van der Waals surface area contributed by atoms with Crippen LogP contribution in [0, 0.1) is 0 Å². The van der Waals surface area contributed by atoms with Gasteiger partial charge in [-0.1, -0.05) is 23.2 Å². The summed E-state index contributed by atoms with van der Waals surface area (Å²) >= 11 is 11.8. The topological polar surface area (TPSA) is 34.1 Å². The van der Waals surface area contributed by atoms with Crippen LogP contribution in [0.3, 0.4) is 0 Å². The minimum atomic E-state index is 0.116. The Hall–Kier alpha value is -0.350. The van der Waals surface area contributed by atoms with Gasteiger partial charge in [0, 0.05) is 18.4 Å². The molecule has 5 heteroatoms. The van der Waals surface area contributed by atoms with Gasteiger partial charge in [-0.25, -0.2) is 4.98 Å². The highest BCUT2D eigenvalue weighted by Gasteiger charge is 2.17. The lowest BCUT2D eigenvalue weighted by Gasteiger charge is -2.16. The molecule has 1 fully saturated rings. The SMILES string of the molecule is Clc1cc(Cl)c(C2COCCCN2)cn1. The highest BCUT2D eigenvalue weighted by atomic mass is 35.5.